The average Bonchev–Trinajstić information content (AvgIpc) is 2.41. The topological polar surface area (TPSA) is 67.6 Å². The van der Waals surface area contributed by atoms with Crippen LogP contribution in [0.3, 0.4) is 0 Å². The van der Waals surface area contributed by atoms with Crippen LogP contribution in [0.2, 0.25) is 5.02 Å². The van der Waals surface area contributed by atoms with E-state index in [0.717, 1.165) is 18.5 Å². The zero-order chi connectivity index (χ0) is 14.7. The minimum absolute atomic E-state index is 0.141. The number of benzene rings is 1. The maximum atomic E-state index is 11.6. The molecule has 2 unspecified atom stereocenters. The van der Waals surface area contributed by atoms with Crippen LogP contribution >= 0.6 is 11.6 Å². The minimum atomic E-state index is -0.262. The number of ether oxygens (including phenoxy) is 1. The number of nitrogens with one attached hydrogen (secondary N) is 1. The molecule has 6 heteroatoms. The van der Waals surface area contributed by atoms with Gasteiger partial charge < -0.3 is 20.7 Å². The molecule has 1 aliphatic rings. The number of piperidine rings is 1. The van der Waals surface area contributed by atoms with E-state index < -0.39 is 0 Å². The van der Waals surface area contributed by atoms with Crippen molar-refractivity contribution in [1.29, 1.82) is 0 Å². The number of likely N-dealkylation sites (tertiary alicyclic amines) is 1. The Kier molecular flexibility index (Phi) is 4.60. The summed E-state index contributed by atoms with van der Waals surface area (Å²) in [7, 11) is 1.41. The average molecular weight is 298 g/mol. The van der Waals surface area contributed by atoms with Gasteiger partial charge in [0.05, 0.1) is 18.5 Å². The first-order valence-electron chi connectivity index (χ1n) is 6.67. The normalized spacial score (nSPS) is 22.4. The molecule has 0 bridgehead atoms. The molecule has 1 amide bonds. The predicted octanol–water partition coefficient (Wildman–Crippen LogP) is 2.95. The number of rotatable bonds is 2. The first kappa shape index (κ1) is 14.8. The molecule has 3 N–H and O–H groups in total. The Balaban J connectivity index is 1.98. The summed E-state index contributed by atoms with van der Waals surface area (Å²) in [6.45, 7) is 2.70. The lowest BCUT2D eigenvalue weighted by Crippen LogP contribution is -2.47. The Morgan fingerprint density at radius 3 is 2.90 bits per heavy atom. The van der Waals surface area contributed by atoms with Gasteiger partial charge in [0.25, 0.3) is 0 Å². The molecule has 5 nitrogen and oxygen atoms in total. The van der Waals surface area contributed by atoms with Crippen molar-refractivity contribution in [3.8, 4) is 0 Å². The van der Waals surface area contributed by atoms with E-state index in [9.17, 15) is 4.79 Å². The fourth-order valence-electron chi connectivity index (χ4n) is 2.58. The maximum absolute atomic E-state index is 11.6. The molecule has 20 heavy (non-hydrogen) atoms. The van der Waals surface area contributed by atoms with E-state index in [-0.39, 0.29) is 18.2 Å². The highest BCUT2D eigenvalue weighted by Gasteiger charge is 2.29. The minimum Gasteiger partial charge on any atom is -0.453 e. The van der Waals surface area contributed by atoms with Gasteiger partial charge in [0.1, 0.15) is 0 Å². The highest BCUT2D eigenvalue weighted by atomic mass is 35.5. The van der Waals surface area contributed by atoms with Crippen LogP contribution in [0.4, 0.5) is 16.2 Å². The molecular formula is C14H20ClN3O2. The van der Waals surface area contributed by atoms with Crippen molar-refractivity contribution in [3.63, 3.8) is 0 Å². The van der Waals surface area contributed by atoms with E-state index in [1.165, 1.54) is 7.11 Å². The van der Waals surface area contributed by atoms with Crippen LogP contribution in [-0.4, -0.2) is 36.7 Å². The zero-order valence-corrected chi connectivity index (χ0v) is 12.5. The summed E-state index contributed by atoms with van der Waals surface area (Å²) >= 11 is 5.89. The van der Waals surface area contributed by atoms with E-state index in [4.69, 9.17) is 22.1 Å². The van der Waals surface area contributed by atoms with Crippen LogP contribution in [0.15, 0.2) is 18.2 Å². The molecule has 1 aromatic rings. The fraction of sp³-hybridized carbons (Fsp3) is 0.500. The van der Waals surface area contributed by atoms with E-state index in [1.807, 2.05) is 19.1 Å². The van der Waals surface area contributed by atoms with Gasteiger partial charge in [0, 0.05) is 23.7 Å². The van der Waals surface area contributed by atoms with E-state index in [1.54, 1.807) is 11.0 Å². The van der Waals surface area contributed by atoms with Gasteiger partial charge in [-0.05, 0) is 38.0 Å². The summed E-state index contributed by atoms with van der Waals surface area (Å²) in [5, 5.41) is 4.05. The number of halogens is 1. The number of carbonyl (C=O) groups excluding carboxylic acids is 1. The van der Waals surface area contributed by atoms with Crippen LogP contribution in [0.25, 0.3) is 0 Å². The molecule has 110 valence electrons. The Hall–Kier alpha value is -1.62. The van der Waals surface area contributed by atoms with Gasteiger partial charge in [0.2, 0.25) is 0 Å². The van der Waals surface area contributed by atoms with E-state index in [2.05, 4.69) is 5.32 Å². The number of hydrogen-bond acceptors (Lipinski definition) is 4. The number of hydrogen-bond donors (Lipinski definition) is 2. The number of nitrogens with two attached hydrogens (primary N) is 1. The molecule has 0 aliphatic carbocycles. The lowest BCUT2D eigenvalue weighted by molar-refractivity contribution is 0.0920. The summed E-state index contributed by atoms with van der Waals surface area (Å²) in [6.07, 6.45) is 1.46. The van der Waals surface area contributed by atoms with Gasteiger partial charge >= 0.3 is 6.09 Å². The molecule has 2 atom stereocenters. The van der Waals surface area contributed by atoms with Crippen LogP contribution in [0, 0.1) is 0 Å². The van der Waals surface area contributed by atoms with Crippen molar-refractivity contribution in [2.45, 2.75) is 31.8 Å². The summed E-state index contributed by atoms with van der Waals surface area (Å²) in [4.78, 5) is 13.3. The third-order valence-electron chi connectivity index (χ3n) is 3.66. The van der Waals surface area contributed by atoms with Gasteiger partial charge in [-0.15, -0.1) is 0 Å². The number of nitrogens with zero attached hydrogens (tertiary/aromatic N) is 1. The van der Waals surface area contributed by atoms with Crippen LogP contribution in [0.5, 0.6) is 0 Å². The van der Waals surface area contributed by atoms with Crippen LogP contribution in [-0.2, 0) is 4.74 Å². The monoisotopic (exact) mass is 297 g/mol. The number of methoxy groups -OCH3 is 1. The molecule has 1 heterocycles. The lowest BCUT2D eigenvalue weighted by atomic mass is 9.98. The third-order valence-corrected chi connectivity index (χ3v) is 3.89. The van der Waals surface area contributed by atoms with Crippen molar-refractivity contribution < 1.29 is 9.53 Å². The molecule has 0 radical (unpaired) electrons. The molecule has 1 aromatic carbocycles. The van der Waals surface area contributed by atoms with Gasteiger partial charge in [-0.2, -0.15) is 0 Å². The van der Waals surface area contributed by atoms with Crippen LogP contribution < -0.4 is 11.1 Å². The molecule has 2 rings (SSSR count). The molecule has 0 spiro atoms. The second kappa shape index (κ2) is 6.22. The molecule has 1 aliphatic heterocycles. The maximum Gasteiger partial charge on any atom is 0.409 e. The molecule has 0 saturated carbocycles. The second-order valence-electron chi connectivity index (χ2n) is 5.11. The zero-order valence-electron chi connectivity index (χ0n) is 11.7. The Morgan fingerprint density at radius 1 is 1.55 bits per heavy atom. The second-order valence-corrected chi connectivity index (χ2v) is 5.55. The van der Waals surface area contributed by atoms with Gasteiger partial charge in [0.15, 0.2) is 0 Å². The largest absolute Gasteiger partial charge is 0.453 e. The van der Waals surface area contributed by atoms with Crippen LogP contribution in [0.1, 0.15) is 19.8 Å². The summed E-state index contributed by atoms with van der Waals surface area (Å²) in [6, 6.07) is 5.86. The van der Waals surface area contributed by atoms with Crippen molar-refractivity contribution in [2.75, 3.05) is 24.7 Å². The summed E-state index contributed by atoms with van der Waals surface area (Å²) in [5.41, 5.74) is 7.47. The molecular weight excluding hydrogens is 278 g/mol. The summed E-state index contributed by atoms with van der Waals surface area (Å²) < 4.78 is 4.78. The highest BCUT2D eigenvalue weighted by molar-refractivity contribution is 6.31. The van der Waals surface area contributed by atoms with Gasteiger partial charge in [-0.1, -0.05) is 11.6 Å². The SMILES string of the molecule is COC(=O)N1CCC(Nc2ccc(Cl)cc2N)CC1C. The first-order valence-corrected chi connectivity index (χ1v) is 7.05. The van der Waals surface area contributed by atoms with Crippen molar-refractivity contribution in [1.82, 2.24) is 4.90 Å². The van der Waals surface area contributed by atoms with Crippen molar-refractivity contribution in [3.05, 3.63) is 23.2 Å². The Labute approximate surface area is 124 Å². The Morgan fingerprint density at radius 2 is 2.30 bits per heavy atom. The lowest BCUT2D eigenvalue weighted by Gasteiger charge is -2.37. The molecule has 1 fully saturated rings. The van der Waals surface area contributed by atoms with Gasteiger partial charge in [-0.25, -0.2) is 4.79 Å². The summed E-state index contributed by atoms with van der Waals surface area (Å²) in [5.74, 6) is 0. The number of nitrogen functional groups attached to an aromatic ring is 1. The quantitative estimate of drug-likeness (QED) is 0.824. The van der Waals surface area contributed by atoms with Crippen molar-refractivity contribution in [2.24, 2.45) is 0 Å². The first-order chi connectivity index (χ1) is 9.51. The highest BCUT2D eigenvalue weighted by Crippen LogP contribution is 2.27. The van der Waals surface area contributed by atoms with E-state index >= 15 is 0 Å². The van der Waals surface area contributed by atoms with E-state index in [0.29, 0.717) is 17.3 Å². The van der Waals surface area contributed by atoms with Crippen molar-refractivity contribution >= 4 is 29.1 Å². The molecule has 1 saturated heterocycles. The number of anilines is 2. The molecule has 0 aromatic heterocycles. The third kappa shape index (κ3) is 3.28. The Bertz CT molecular complexity index is 495. The number of carbonyl (C=O) groups is 1. The predicted molar refractivity (Wildman–Crippen MR) is 81.1 cm³/mol. The smallest absolute Gasteiger partial charge is 0.409 e. The number of amides is 1. The van der Waals surface area contributed by atoms with Gasteiger partial charge in [-0.3, -0.25) is 0 Å². The fourth-order valence-corrected chi connectivity index (χ4v) is 2.76. The standard InChI is InChI=1S/C14H20ClN3O2/c1-9-7-11(5-6-18(9)14(19)20-2)17-13-4-3-10(15)8-12(13)16/h3-4,8-9,11,17H,5-7,16H2,1-2H3.